The summed E-state index contributed by atoms with van der Waals surface area (Å²) >= 11 is 3.23. The van der Waals surface area contributed by atoms with Gasteiger partial charge in [0.15, 0.2) is 0 Å². The van der Waals surface area contributed by atoms with E-state index in [1.54, 1.807) is 6.07 Å². The Bertz CT molecular complexity index is 445. The molecule has 5 heteroatoms. The van der Waals surface area contributed by atoms with Crippen molar-refractivity contribution in [2.45, 2.75) is 19.4 Å². The van der Waals surface area contributed by atoms with Crippen LogP contribution in [0.1, 0.15) is 11.1 Å². The van der Waals surface area contributed by atoms with Gasteiger partial charge in [0.1, 0.15) is 11.8 Å². The highest BCUT2D eigenvalue weighted by Gasteiger charge is 2.30. The number of carbonyl (C=O) groups is 1. The van der Waals surface area contributed by atoms with Crippen molar-refractivity contribution < 1.29 is 15.0 Å². The van der Waals surface area contributed by atoms with Gasteiger partial charge in [0.05, 0.1) is 4.47 Å². The topological polar surface area (TPSA) is 69.6 Å². The minimum absolute atomic E-state index is 0.131. The molecule has 0 saturated carbocycles. The number of hydrogen-bond donors (Lipinski definition) is 3. The first-order valence-electron chi connectivity index (χ1n) is 4.51. The van der Waals surface area contributed by atoms with Crippen LogP contribution in [-0.2, 0) is 11.2 Å². The summed E-state index contributed by atoms with van der Waals surface area (Å²) < 4.78 is 0.603. The molecule has 0 aliphatic carbocycles. The van der Waals surface area contributed by atoms with Crippen molar-refractivity contribution in [1.29, 1.82) is 0 Å². The van der Waals surface area contributed by atoms with E-state index in [4.69, 9.17) is 5.11 Å². The van der Waals surface area contributed by atoms with Crippen LogP contribution in [0, 0.1) is 6.92 Å². The van der Waals surface area contributed by atoms with Crippen molar-refractivity contribution in [2.24, 2.45) is 0 Å². The summed E-state index contributed by atoms with van der Waals surface area (Å²) in [6.07, 6.45) is 0.316. The molecule has 15 heavy (non-hydrogen) atoms. The Labute approximate surface area is 95.1 Å². The number of hydrogen-bond acceptors (Lipinski definition) is 3. The van der Waals surface area contributed by atoms with Crippen LogP contribution in [0.2, 0.25) is 0 Å². The van der Waals surface area contributed by atoms with E-state index in [-0.39, 0.29) is 5.75 Å². The van der Waals surface area contributed by atoms with E-state index >= 15 is 0 Å². The monoisotopic (exact) mass is 271 g/mol. The molecular weight excluding hydrogens is 262 g/mol. The maximum atomic E-state index is 10.8. The van der Waals surface area contributed by atoms with Crippen LogP contribution in [0.4, 0.5) is 5.69 Å². The summed E-state index contributed by atoms with van der Waals surface area (Å²) in [5.74, 6) is -0.770. The molecule has 0 bridgehead atoms. The van der Waals surface area contributed by atoms with Crippen LogP contribution in [0.3, 0.4) is 0 Å². The van der Waals surface area contributed by atoms with Gasteiger partial charge in [-0.3, -0.25) is 0 Å². The number of carboxylic acid groups (broad SMARTS) is 1. The van der Waals surface area contributed by atoms with Crippen LogP contribution in [0.25, 0.3) is 0 Å². The van der Waals surface area contributed by atoms with Crippen LogP contribution in [0.5, 0.6) is 5.75 Å². The summed E-state index contributed by atoms with van der Waals surface area (Å²) in [7, 11) is 0. The highest BCUT2D eigenvalue weighted by Crippen LogP contribution is 2.40. The Kier molecular flexibility index (Phi) is 2.34. The number of anilines is 1. The zero-order valence-corrected chi connectivity index (χ0v) is 9.63. The van der Waals surface area contributed by atoms with Crippen molar-refractivity contribution in [1.82, 2.24) is 0 Å². The van der Waals surface area contributed by atoms with Crippen molar-refractivity contribution in [3.8, 4) is 5.75 Å². The zero-order valence-electron chi connectivity index (χ0n) is 8.04. The maximum absolute atomic E-state index is 10.8. The molecule has 1 aliphatic rings. The first-order chi connectivity index (χ1) is 7.00. The SMILES string of the molecule is Cc1cc(Br)c(O)c2c1NC(C(=O)O)C2. The lowest BCUT2D eigenvalue weighted by Crippen LogP contribution is -2.26. The van der Waals surface area contributed by atoms with E-state index in [0.29, 0.717) is 16.5 Å². The third-order valence-corrected chi connectivity index (χ3v) is 3.18. The van der Waals surface area contributed by atoms with E-state index < -0.39 is 12.0 Å². The molecule has 80 valence electrons. The fourth-order valence-electron chi connectivity index (χ4n) is 1.81. The molecule has 1 aromatic carbocycles. The predicted octanol–water partition coefficient (Wildman–Crippen LogP) is 1.88. The molecule has 1 unspecified atom stereocenters. The van der Waals surface area contributed by atoms with Gasteiger partial charge in [0.25, 0.3) is 0 Å². The number of phenolic OH excluding ortho intramolecular Hbond substituents is 1. The Morgan fingerprint density at radius 3 is 2.93 bits per heavy atom. The first-order valence-corrected chi connectivity index (χ1v) is 5.30. The minimum atomic E-state index is -0.902. The molecule has 0 amide bonds. The third kappa shape index (κ3) is 1.56. The summed E-state index contributed by atoms with van der Waals surface area (Å²) in [6.45, 7) is 1.88. The molecule has 0 fully saturated rings. The number of nitrogens with one attached hydrogen (secondary N) is 1. The van der Waals surface area contributed by atoms with Gasteiger partial charge in [-0.2, -0.15) is 0 Å². The first kappa shape index (κ1) is 10.3. The number of rotatable bonds is 1. The third-order valence-electron chi connectivity index (χ3n) is 2.58. The van der Waals surface area contributed by atoms with Crippen LogP contribution in [-0.4, -0.2) is 22.2 Å². The zero-order chi connectivity index (χ0) is 11.2. The second-order valence-corrected chi connectivity index (χ2v) is 4.47. The summed E-state index contributed by atoms with van der Waals surface area (Å²) in [6, 6.07) is 1.13. The molecule has 0 radical (unpaired) electrons. The average molecular weight is 272 g/mol. The predicted molar refractivity (Wildman–Crippen MR) is 59.3 cm³/mol. The van der Waals surface area contributed by atoms with E-state index in [9.17, 15) is 9.90 Å². The summed E-state index contributed by atoms with van der Waals surface area (Å²) in [4.78, 5) is 10.8. The van der Waals surface area contributed by atoms with Gasteiger partial charge in [-0.15, -0.1) is 0 Å². The number of phenols is 1. The number of halogens is 1. The largest absolute Gasteiger partial charge is 0.506 e. The van der Waals surface area contributed by atoms with Gasteiger partial charge >= 0.3 is 5.97 Å². The summed E-state index contributed by atoms with van der Waals surface area (Å²) in [5.41, 5.74) is 2.34. The Balaban J connectivity index is 2.49. The second kappa shape index (κ2) is 3.41. The van der Waals surface area contributed by atoms with Gasteiger partial charge < -0.3 is 15.5 Å². The number of fused-ring (bicyclic) bond motifs is 1. The Hall–Kier alpha value is -1.23. The number of carboxylic acids is 1. The van der Waals surface area contributed by atoms with Gasteiger partial charge in [-0.25, -0.2) is 4.79 Å². The molecule has 3 N–H and O–H groups in total. The van der Waals surface area contributed by atoms with Gasteiger partial charge in [0, 0.05) is 17.7 Å². The summed E-state index contributed by atoms with van der Waals surface area (Å²) in [5, 5.41) is 21.5. The molecule has 1 aromatic rings. The van der Waals surface area contributed by atoms with Crippen LogP contribution >= 0.6 is 15.9 Å². The number of benzene rings is 1. The normalized spacial score (nSPS) is 18.4. The van der Waals surface area contributed by atoms with Crippen molar-refractivity contribution in [3.05, 3.63) is 21.7 Å². The van der Waals surface area contributed by atoms with Crippen molar-refractivity contribution in [2.75, 3.05) is 5.32 Å². The highest BCUT2D eigenvalue weighted by atomic mass is 79.9. The molecule has 1 heterocycles. The lowest BCUT2D eigenvalue weighted by Gasteiger charge is -2.08. The molecule has 1 aliphatic heterocycles. The van der Waals surface area contributed by atoms with Gasteiger partial charge in [0.2, 0.25) is 0 Å². The molecule has 0 spiro atoms. The van der Waals surface area contributed by atoms with Gasteiger partial charge in [-0.1, -0.05) is 0 Å². The number of aliphatic carboxylic acids is 1. The number of aryl methyl sites for hydroxylation is 1. The maximum Gasteiger partial charge on any atom is 0.326 e. The lowest BCUT2D eigenvalue weighted by molar-refractivity contribution is -0.137. The fourth-order valence-corrected chi connectivity index (χ4v) is 2.39. The Morgan fingerprint density at radius 1 is 1.67 bits per heavy atom. The smallest absolute Gasteiger partial charge is 0.326 e. The average Bonchev–Trinajstić information content (AvgIpc) is 2.59. The minimum Gasteiger partial charge on any atom is -0.506 e. The van der Waals surface area contributed by atoms with Crippen molar-refractivity contribution >= 4 is 27.6 Å². The standard InChI is InChI=1S/C10H10BrNO3/c1-4-2-6(11)9(13)5-3-7(10(14)15)12-8(4)5/h2,7,12-13H,3H2,1H3,(H,14,15). The second-order valence-electron chi connectivity index (χ2n) is 3.62. The molecular formula is C10H10BrNO3. The van der Waals surface area contributed by atoms with Gasteiger partial charge in [-0.05, 0) is 34.5 Å². The Morgan fingerprint density at radius 2 is 2.33 bits per heavy atom. The fraction of sp³-hybridized carbons (Fsp3) is 0.300. The van der Waals surface area contributed by atoms with Crippen LogP contribution in [0.15, 0.2) is 10.5 Å². The van der Waals surface area contributed by atoms with Crippen molar-refractivity contribution in [3.63, 3.8) is 0 Å². The molecule has 4 nitrogen and oxygen atoms in total. The molecule has 1 atom stereocenters. The number of aromatic hydroxyl groups is 1. The molecule has 2 rings (SSSR count). The van der Waals surface area contributed by atoms with E-state index in [1.807, 2.05) is 6.92 Å². The van der Waals surface area contributed by atoms with E-state index in [1.165, 1.54) is 0 Å². The lowest BCUT2D eigenvalue weighted by atomic mass is 10.1. The van der Waals surface area contributed by atoms with Crippen LogP contribution < -0.4 is 5.32 Å². The van der Waals surface area contributed by atoms with E-state index in [2.05, 4.69) is 21.2 Å². The quantitative estimate of drug-likeness (QED) is 0.730. The molecule has 0 saturated heterocycles. The molecule has 0 aromatic heterocycles. The van der Waals surface area contributed by atoms with E-state index in [0.717, 1.165) is 11.3 Å². The highest BCUT2D eigenvalue weighted by molar-refractivity contribution is 9.10.